The van der Waals surface area contributed by atoms with Crippen molar-refractivity contribution in [2.24, 2.45) is 0 Å². The van der Waals surface area contributed by atoms with E-state index in [0.717, 1.165) is 17.7 Å². The summed E-state index contributed by atoms with van der Waals surface area (Å²) in [6, 6.07) is 4.33. The Bertz CT molecular complexity index is 1420. The van der Waals surface area contributed by atoms with Gasteiger partial charge < -0.3 is 29.5 Å². The zero-order valence-corrected chi connectivity index (χ0v) is 25.0. The number of aryl methyl sites for hydroxylation is 1. The summed E-state index contributed by atoms with van der Waals surface area (Å²) in [7, 11) is 1.43. The standard InChI is InChI=1S/C29H35F3N4O6S/c1-15-6-5-8-33-22(15)26(29(39)7-9-41-28(2,3)14-29)43-27-25(40-4)23(24(38)20(13-37)42-27)36-12-19(34-35-36)16-10-17(30)21(32)18(31)11-16/h5-6,8,10-12,20,23-27,37-39H,7,9,13-14H2,1-4H3/t20-,23+,24+,25-,26+,27+,29+/m1/s1. The molecule has 14 heteroatoms. The molecule has 4 heterocycles. The summed E-state index contributed by atoms with van der Waals surface area (Å²) in [5.41, 5.74) is -1.24. The first-order chi connectivity index (χ1) is 20.4. The average molecular weight is 625 g/mol. The van der Waals surface area contributed by atoms with E-state index in [4.69, 9.17) is 14.2 Å². The summed E-state index contributed by atoms with van der Waals surface area (Å²) in [4.78, 5) is 4.62. The summed E-state index contributed by atoms with van der Waals surface area (Å²) in [5, 5.41) is 41.0. The largest absolute Gasteiger partial charge is 0.394 e. The molecule has 0 unspecified atom stereocenters. The smallest absolute Gasteiger partial charge is 0.194 e. The monoisotopic (exact) mass is 624 g/mol. The van der Waals surface area contributed by atoms with Crippen molar-refractivity contribution in [3.63, 3.8) is 0 Å². The van der Waals surface area contributed by atoms with Crippen molar-refractivity contribution >= 4 is 11.8 Å². The molecule has 10 nitrogen and oxygen atoms in total. The van der Waals surface area contributed by atoms with E-state index in [1.807, 2.05) is 32.9 Å². The first kappa shape index (κ1) is 31.8. The van der Waals surface area contributed by atoms with Gasteiger partial charge in [0.05, 0.1) is 41.6 Å². The van der Waals surface area contributed by atoms with Crippen LogP contribution in [0.3, 0.4) is 0 Å². The van der Waals surface area contributed by atoms with Crippen LogP contribution in [0.2, 0.25) is 0 Å². The Hall–Kier alpha value is -2.59. The van der Waals surface area contributed by atoms with Crippen molar-refractivity contribution in [2.75, 3.05) is 20.3 Å². The molecule has 0 spiro atoms. The van der Waals surface area contributed by atoms with Gasteiger partial charge in [0.2, 0.25) is 0 Å². The molecule has 2 aliphatic rings. The van der Waals surface area contributed by atoms with E-state index in [9.17, 15) is 28.5 Å². The highest BCUT2D eigenvalue weighted by Gasteiger charge is 2.52. The minimum absolute atomic E-state index is 0.0248. The van der Waals surface area contributed by atoms with Gasteiger partial charge in [0.15, 0.2) is 17.5 Å². The summed E-state index contributed by atoms with van der Waals surface area (Å²) >= 11 is 1.26. The number of thioether (sulfide) groups is 1. The molecule has 0 bridgehead atoms. The maximum absolute atomic E-state index is 13.9. The van der Waals surface area contributed by atoms with Crippen LogP contribution in [-0.2, 0) is 14.2 Å². The van der Waals surface area contributed by atoms with E-state index in [1.54, 1.807) is 6.20 Å². The number of ether oxygens (including phenoxy) is 3. The molecule has 2 saturated heterocycles. The molecule has 1 aromatic carbocycles. The van der Waals surface area contributed by atoms with Crippen molar-refractivity contribution < 1.29 is 42.7 Å². The van der Waals surface area contributed by atoms with Crippen molar-refractivity contribution in [2.45, 2.75) is 79.9 Å². The van der Waals surface area contributed by atoms with Crippen LogP contribution < -0.4 is 0 Å². The van der Waals surface area contributed by atoms with Crippen molar-refractivity contribution in [1.29, 1.82) is 0 Å². The molecule has 3 N–H and O–H groups in total. The van der Waals surface area contributed by atoms with E-state index in [-0.39, 0.29) is 11.3 Å². The van der Waals surface area contributed by atoms with Crippen LogP contribution in [0.4, 0.5) is 13.2 Å². The number of benzene rings is 1. The van der Waals surface area contributed by atoms with E-state index in [0.29, 0.717) is 25.1 Å². The molecule has 2 fully saturated rings. The number of halogens is 3. The Balaban J connectivity index is 1.52. The quantitative estimate of drug-likeness (QED) is 0.320. The number of rotatable bonds is 8. The number of methoxy groups -OCH3 is 1. The van der Waals surface area contributed by atoms with Gasteiger partial charge in [-0.2, -0.15) is 0 Å². The van der Waals surface area contributed by atoms with Gasteiger partial charge in [-0.1, -0.05) is 11.3 Å². The molecular formula is C29H35F3N4O6S. The predicted molar refractivity (Wildman–Crippen MR) is 150 cm³/mol. The summed E-state index contributed by atoms with van der Waals surface area (Å²) < 4.78 is 60.6. The SMILES string of the molecule is CO[C@@H]1[C@@H](n2cc(-c3cc(F)c(F)c(F)c3)nn2)[C@@H](O)[C@@H](CO)O[C@H]1S[C@@H](c1ncccc1C)[C@]1(O)CCOC(C)(C)C1. The number of aliphatic hydroxyl groups is 3. The van der Waals surface area contributed by atoms with Gasteiger partial charge in [0.25, 0.3) is 0 Å². The highest BCUT2D eigenvalue weighted by Crippen LogP contribution is 2.51. The second-order valence-electron chi connectivity index (χ2n) is 11.6. The molecule has 3 aromatic rings. The summed E-state index contributed by atoms with van der Waals surface area (Å²) in [5.74, 6) is -4.37. The van der Waals surface area contributed by atoms with E-state index in [2.05, 4.69) is 15.3 Å². The fourth-order valence-corrected chi connectivity index (χ4v) is 7.67. The molecule has 0 amide bonds. The van der Waals surface area contributed by atoms with Crippen molar-refractivity contribution in [3.05, 3.63) is 65.4 Å². The van der Waals surface area contributed by atoms with Gasteiger partial charge in [0.1, 0.15) is 35.5 Å². The predicted octanol–water partition coefficient (Wildman–Crippen LogP) is 3.49. The first-order valence-electron chi connectivity index (χ1n) is 13.8. The lowest BCUT2D eigenvalue weighted by Crippen LogP contribution is -2.56. The molecule has 0 saturated carbocycles. The maximum Gasteiger partial charge on any atom is 0.194 e. The van der Waals surface area contributed by atoms with Crippen molar-refractivity contribution in [3.8, 4) is 11.3 Å². The number of pyridine rings is 1. The van der Waals surface area contributed by atoms with Gasteiger partial charge in [-0.3, -0.25) is 4.98 Å². The molecule has 2 aromatic heterocycles. The lowest BCUT2D eigenvalue weighted by Gasteiger charge is -2.48. The molecule has 0 aliphatic carbocycles. The van der Waals surface area contributed by atoms with E-state index < -0.39 is 70.3 Å². The minimum atomic E-state index is -1.60. The Kier molecular flexibility index (Phi) is 9.19. The lowest BCUT2D eigenvalue weighted by molar-refractivity contribution is -0.187. The van der Waals surface area contributed by atoms with Gasteiger partial charge >= 0.3 is 0 Å². The number of hydrogen-bond acceptors (Lipinski definition) is 10. The number of aliphatic hydroxyl groups excluding tert-OH is 2. The van der Waals surface area contributed by atoms with Crippen LogP contribution in [-0.4, -0.2) is 90.6 Å². The molecule has 0 radical (unpaired) electrons. The van der Waals surface area contributed by atoms with Gasteiger partial charge in [-0.15, -0.1) is 16.9 Å². The topological polar surface area (TPSA) is 132 Å². The van der Waals surface area contributed by atoms with Gasteiger partial charge in [0, 0.05) is 31.7 Å². The third kappa shape index (κ3) is 6.32. The summed E-state index contributed by atoms with van der Waals surface area (Å²) in [6.45, 7) is 5.52. The van der Waals surface area contributed by atoms with Crippen LogP contribution in [0.25, 0.3) is 11.3 Å². The zero-order valence-electron chi connectivity index (χ0n) is 24.2. The lowest BCUT2D eigenvalue weighted by atomic mass is 9.80. The minimum Gasteiger partial charge on any atom is -0.394 e. The number of nitrogens with zero attached hydrogens (tertiary/aromatic N) is 4. The Morgan fingerprint density at radius 2 is 1.95 bits per heavy atom. The summed E-state index contributed by atoms with van der Waals surface area (Å²) in [6.07, 6.45) is 0.341. The molecule has 2 aliphatic heterocycles. The Morgan fingerprint density at radius 1 is 1.23 bits per heavy atom. The van der Waals surface area contributed by atoms with Crippen LogP contribution >= 0.6 is 11.8 Å². The van der Waals surface area contributed by atoms with Crippen LogP contribution in [0.15, 0.2) is 36.7 Å². The van der Waals surface area contributed by atoms with Gasteiger partial charge in [-0.05, 0) is 44.5 Å². The van der Waals surface area contributed by atoms with E-state index >= 15 is 0 Å². The third-order valence-corrected chi connectivity index (χ3v) is 9.59. The zero-order chi connectivity index (χ0) is 31.1. The van der Waals surface area contributed by atoms with Gasteiger partial charge in [-0.25, -0.2) is 17.9 Å². The molecule has 234 valence electrons. The maximum atomic E-state index is 13.9. The molecule has 43 heavy (non-hydrogen) atoms. The Labute approximate surface area is 251 Å². The van der Waals surface area contributed by atoms with Crippen LogP contribution in [0.5, 0.6) is 0 Å². The molecular weight excluding hydrogens is 589 g/mol. The van der Waals surface area contributed by atoms with Crippen molar-refractivity contribution in [1.82, 2.24) is 20.0 Å². The second kappa shape index (κ2) is 12.4. The number of hydrogen-bond donors (Lipinski definition) is 3. The van der Waals surface area contributed by atoms with E-state index in [1.165, 1.54) is 29.8 Å². The van der Waals surface area contributed by atoms with Crippen LogP contribution in [0.1, 0.15) is 49.2 Å². The highest BCUT2D eigenvalue weighted by atomic mass is 32.2. The molecule has 7 atom stereocenters. The normalized spacial score (nSPS) is 29.9. The number of aromatic nitrogens is 4. The third-order valence-electron chi connectivity index (χ3n) is 8.01. The molecule has 5 rings (SSSR count). The van der Waals surface area contributed by atoms with Crippen LogP contribution in [0, 0.1) is 24.4 Å². The highest BCUT2D eigenvalue weighted by molar-refractivity contribution is 8.00. The fraction of sp³-hybridized carbons (Fsp3) is 0.552. The Morgan fingerprint density at radius 3 is 2.58 bits per heavy atom. The average Bonchev–Trinajstić information content (AvgIpc) is 3.44. The first-order valence-corrected chi connectivity index (χ1v) is 14.8. The fourth-order valence-electron chi connectivity index (χ4n) is 5.94. The second-order valence-corrected chi connectivity index (χ2v) is 12.8.